The number of carbonyl (C=O) groups excluding carboxylic acids is 2. The van der Waals surface area contributed by atoms with Crippen molar-refractivity contribution in [2.45, 2.75) is 102 Å². The molecule has 3 rings (SSSR count). The van der Waals surface area contributed by atoms with Crippen molar-refractivity contribution in [2.75, 3.05) is 26.4 Å². The van der Waals surface area contributed by atoms with Gasteiger partial charge >= 0.3 is 11.9 Å². The number of rotatable bonds is 14. The van der Waals surface area contributed by atoms with Gasteiger partial charge in [-0.2, -0.15) is 0 Å². The molecule has 0 aromatic rings. The van der Waals surface area contributed by atoms with Gasteiger partial charge in [0.2, 0.25) is 0 Å². The number of esters is 2. The summed E-state index contributed by atoms with van der Waals surface area (Å²) in [6.45, 7) is 8.42. The first-order valence-corrected chi connectivity index (χ1v) is 14.5. The molecule has 3 fully saturated rings. The largest absolute Gasteiger partial charge is 0.462 e. The van der Waals surface area contributed by atoms with Gasteiger partial charge in [-0.05, 0) is 82.0 Å². The van der Waals surface area contributed by atoms with E-state index in [2.05, 4.69) is 13.2 Å². The van der Waals surface area contributed by atoms with Crippen LogP contribution in [0.15, 0.2) is 25.3 Å². The lowest BCUT2D eigenvalue weighted by atomic mass is 9.64. The van der Waals surface area contributed by atoms with Crippen molar-refractivity contribution in [1.29, 1.82) is 0 Å². The summed E-state index contributed by atoms with van der Waals surface area (Å²) in [7, 11) is 0. The minimum atomic E-state index is -1.07. The summed E-state index contributed by atoms with van der Waals surface area (Å²) in [6.07, 6.45) is 9.73. The fourth-order valence-corrected chi connectivity index (χ4v) is 6.64. The van der Waals surface area contributed by atoms with Crippen molar-refractivity contribution >= 4 is 11.9 Å². The zero-order chi connectivity index (χ0) is 27.3. The summed E-state index contributed by atoms with van der Waals surface area (Å²) in [5, 5.41) is 0. The van der Waals surface area contributed by atoms with Crippen LogP contribution in [-0.2, 0) is 28.5 Å². The standard InChI is InChI=1S/C30H46F2O6/c1-3-28(33)37-17-5-15-35-24-11-7-21(8-12-24)23-19-26(31)30(27(32)20-23)22-9-13-25(14-10-22)36-16-6-18-38-29(34)4-2/h3-4,21-27,30H,1-2,5-20H2. The molecule has 216 valence electrons. The number of hydrogen-bond acceptors (Lipinski definition) is 6. The van der Waals surface area contributed by atoms with E-state index in [1.165, 1.54) is 0 Å². The molecule has 0 bridgehead atoms. The van der Waals surface area contributed by atoms with E-state index in [-0.39, 0.29) is 24.0 Å². The number of carbonyl (C=O) groups is 2. The second-order valence-corrected chi connectivity index (χ2v) is 11.1. The zero-order valence-corrected chi connectivity index (χ0v) is 22.7. The predicted molar refractivity (Wildman–Crippen MR) is 141 cm³/mol. The molecule has 0 saturated heterocycles. The number of alkyl halides is 2. The van der Waals surface area contributed by atoms with Crippen LogP contribution >= 0.6 is 0 Å². The van der Waals surface area contributed by atoms with Gasteiger partial charge in [-0.15, -0.1) is 0 Å². The molecule has 0 radical (unpaired) electrons. The Morgan fingerprint density at radius 3 is 1.47 bits per heavy atom. The second kappa shape index (κ2) is 16.3. The smallest absolute Gasteiger partial charge is 0.330 e. The highest BCUT2D eigenvalue weighted by Gasteiger charge is 2.45. The van der Waals surface area contributed by atoms with Gasteiger partial charge in [0.1, 0.15) is 12.3 Å². The van der Waals surface area contributed by atoms with E-state index in [4.69, 9.17) is 18.9 Å². The molecule has 6 nitrogen and oxygen atoms in total. The van der Waals surface area contributed by atoms with E-state index < -0.39 is 30.2 Å². The van der Waals surface area contributed by atoms with E-state index in [0.717, 1.165) is 63.5 Å². The molecule has 0 spiro atoms. The third kappa shape index (κ3) is 9.74. The van der Waals surface area contributed by atoms with Crippen LogP contribution < -0.4 is 0 Å². The normalized spacial score (nSPS) is 33.7. The van der Waals surface area contributed by atoms with Crippen LogP contribution in [0.5, 0.6) is 0 Å². The molecule has 2 unspecified atom stereocenters. The quantitative estimate of drug-likeness (QED) is 0.151. The number of halogens is 2. The molecule has 0 aromatic heterocycles. The van der Waals surface area contributed by atoms with Crippen molar-refractivity contribution in [3.63, 3.8) is 0 Å². The first-order chi connectivity index (χ1) is 18.4. The number of hydrogen-bond donors (Lipinski definition) is 0. The molecule has 8 heteroatoms. The Balaban J connectivity index is 1.30. The Kier molecular flexibility index (Phi) is 13.2. The Bertz CT molecular complexity index is 733. The predicted octanol–water partition coefficient (Wildman–Crippen LogP) is 6.08. The van der Waals surface area contributed by atoms with Crippen LogP contribution in [-0.4, -0.2) is 62.9 Å². The molecular weight excluding hydrogens is 494 g/mol. The Labute approximate surface area is 226 Å². The Hall–Kier alpha value is -1.80. The fourth-order valence-electron chi connectivity index (χ4n) is 6.64. The molecule has 0 N–H and O–H groups in total. The highest BCUT2D eigenvalue weighted by molar-refractivity contribution is 5.81. The minimum absolute atomic E-state index is 0.0873. The van der Waals surface area contributed by atoms with E-state index in [1.54, 1.807) is 0 Å². The van der Waals surface area contributed by atoms with Gasteiger partial charge in [0, 0.05) is 30.9 Å². The maximum atomic E-state index is 15.4. The van der Waals surface area contributed by atoms with E-state index in [0.29, 0.717) is 58.0 Å². The lowest BCUT2D eigenvalue weighted by Crippen LogP contribution is -2.44. The molecule has 2 atom stereocenters. The van der Waals surface area contributed by atoms with Crippen LogP contribution in [0.25, 0.3) is 0 Å². The van der Waals surface area contributed by atoms with Crippen molar-refractivity contribution in [1.82, 2.24) is 0 Å². The van der Waals surface area contributed by atoms with Crippen LogP contribution in [0.1, 0.15) is 77.0 Å². The SMILES string of the molecule is C=CC(=O)OCCCOC1CCC(C2CC(F)C(C3CCC(OCCCOC(=O)C=C)CC3)C(F)C2)CC1. The minimum Gasteiger partial charge on any atom is -0.462 e. The lowest BCUT2D eigenvalue weighted by molar-refractivity contribution is -0.139. The summed E-state index contributed by atoms with van der Waals surface area (Å²) >= 11 is 0. The first-order valence-electron chi connectivity index (χ1n) is 14.5. The van der Waals surface area contributed by atoms with Crippen LogP contribution in [0.2, 0.25) is 0 Å². The molecule has 0 amide bonds. The zero-order valence-electron chi connectivity index (χ0n) is 22.7. The summed E-state index contributed by atoms with van der Waals surface area (Å²) in [5.41, 5.74) is 0. The second-order valence-electron chi connectivity index (χ2n) is 11.1. The van der Waals surface area contributed by atoms with Gasteiger partial charge in [0.05, 0.1) is 38.6 Å². The number of ether oxygens (including phenoxy) is 4. The average Bonchev–Trinajstić information content (AvgIpc) is 2.93. The summed E-state index contributed by atoms with van der Waals surface area (Å²) in [4.78, 5) is 22.1. The average molecular weight is 541 g/mol. The first kappa shape index (κ1) is 30.7. The molecule has 3 aliphatic carbocycles. The van der Waals surface area contributed by atoms with Gasteiger partial charge in [-0.25, -0.2) is 18.4 Å². The summed E-state index contributed by atoms with van der Waals surface area (Å²) in [6, 6.07) is 0. The maximum absolute atomic E-state index is 15.4. The fraction of sp³-hybridized carbons (Fsp3) is 0.800. The third-order valence-corrected chi connectivity index (χ3v) is 8.65. The molecule has 38 heavy (non-hydrogen) atoms. The van der Waals surface area contributed by atoms with E-state index in [9.17, 15) is 9.59 Å². The topological polar surface area (TPSA) is 71.1 Å². The summed E-state index contributed by atoms with van der Waals surface area (Å²) in [5.74, 6) is -0.761. The van der Waals surface area contributed by atoms with Crippen LogP contribution in [0.4, 0.5) is 8.78 Å². The van der Waals surface area contributed by atoms with E-state index >= 15 is 8.78 Å². The lowest BCUT2D eigenvalue weighted by Gasteiger charge is -2.44. The van der Waals surface area contributed by atoms with Crippen LogP contribution in [0.3, 0.4) is 0 Å². The van der Waals surface area contributed by atoms with Gasteiger partial charge in [-0.3, -0.25) is 0 Å². The third-order valence-electron chi connectivity index (χ3n) is 8.65. The maximum Gasteiger partial charge on any atom is 0.330 e. The van der Waals surface area contributed by atoms with Crippen molar-refractivity contribution < 1.29 is 37.3 Å². The Morgan fingerprint density at radius 2 is 1.05 bits per heavy atom. The van der Waals surface area contributed by atoms with Gasteiger partial charge in [-0.1, -0.05) is 13.2 Å². The van der Waals surface area contributed by atoms with Crippen molar-refractivity contribution in [3.8, 4) is 0 Å². The molecular formula is C30H46F2O6. The van der Waals surface area contributed by atoms with Crippen molar-refractivity contribution in [2.24, 2.45) is 23.7 Å². The van der Waals surface area contributed by atoms with Gasteiger partial charge < -0.3 is 18.9 Å². The molecule has 3 aliphatic rings. The van der Waals surface area contributed by atoms with Gasteiger partial charge in [0.25, 0.3) is 0 Å². The molecule has 0 heterocycles. The molecule has 0 aliphatic heterocycles. The molecule has 3 saturated carbocycles. The highest BCUT2D eigenvalue weighted by atomic mass is 19.1. The summed E-state index contributed by atoms with van der Waals surface area (Å²) < 4.78 is 52.5. The highest BCUT2D eigenvalue weighted by Crippen LogP contribution is 2.47. The van der Waals surface area contributed by atoms with Crippen LogP contribution in [0, 0.1) is 23.7 Å². The van der Waals surface area contributed by atoms with Gasteiger partial charge in [0.15, 0.2) is 0 Å². The van der Waals surface area contributed by atoms with E-state index in [1.807, 2.05) is 0 Å². The monoisotopic (exact) mass is 540 g/mol. The molecule has 0 aromatic carbocycles. The van der Waals surface area contributed by atoms with Crippen molar-refractivity contribution in [3.05, 3.63) is 25.3 Å². The Morgan fingerprint density at radius 1 is 0.632 bits per heavy atom.